The molecule has 3 rings (SSSR count). The number of hydrogen-bond acceptors (Lipinski definition) is 3. The van der Waals surface area contributed by atoms with E-state index in [-0.39, 0.29) is 5.56 Å². The number of thiophene rings is 1. The highest BCUT2D eigenvalue weighted by molar-refractivity contribution is 7.71. The molecule has 0 aliphatic carbocycles. The van der Waals surface area contributed by atoms with Crippen molar-refractivity contribution in [2.24, 2.45) is 0 Å². The summed E-state index contributed by atoms with van der Waals surface area (Å²) in [5.74, 6) is 0.465. The second-order valence-electron chi connectivity index (χ2n) is 5.42. The molecular formula is C16H16N2OS2. The van der Waals surface area contributed by atoms with Gasteiger partial charge in [0.1, 0.15) is 4.83 Å². The molecule has 0 bridgehead atoms. The summed E-state index contributed by atoms with van der Waals surface area (Å²) in [4.78, 5) is 17.8. The fourth-order valence-corrected chi connectivity index (χ4v) is 3.63. The fraction of sp³-hybridized carbons (Fsp3) is 0.250. The highest BCUT2D eigenvalue weighted by atomic mass is 32.1. The van der Waals surface area contributed by atoms with Crippen LogP contribution >= 0.6 is 23.6 Å². The molecule has 0 atom stereocenters. The van der Waals surface area contributed by atoms with Gasteiger partial charge in [0, 0.05) is 4.88 Å². The van der Waals surface area contributed by atoms with Crippen molar-refractivity contribution in [1.82, 2.24) is 9.55 Å². The van der Waals surface area contributed by atoms with Gasteiger partial charge in [-0.15, -0.1) is 11.3 Å². The van der Waals surface area contributed by atoms with Crippen molar-refractivity contribution in [3.63, 3.8) is 0 Å². The van der Waals surface area contributed by atoms with Crippen LogP contribution < -0.4 is 5.56 Å². The maximum Gasteiger partial charge on any atom is 0.267 e. The van der Waals surface area contributed by atoms with Gasteiger partial charge in [-0.05, 0) is 48.8 Å². The summed E-state index contributed by atoms with van der Waals surface area (Å²) < 4.78 is 2.00. The Kier molecular flexibility index (Phi) is 3.55. The average Bonchev–Trinajstić information content (AvgIpc) is 2.80. The van der Waals surface area contributed by atoms with Gasteiger partial charge < -0.3 is 4.98 Å². The van der Waals surface area contributed by atoms with Crippen LogP contribution in [-0.4, -0.2) is 9.55 Å². The summed E-state index contributed by atoms with van der Waals surface area (Å²) in [6.45, 7) is 6.28. The van der Waals surface area contributed by atoms with Gasteiger partial charge in [-0.3, -0.25) is 9.36 Å². The van der Waals surface area contributed by atoms with Gasteiger partial charge in [-0.2, -0.15) is 0 Å². The van der Waals surface area contributed by atoms with Crippen LogP contribution in [0.4, 0.5) is 0 Å². The van der Waals surface area contributed by atoms with Crippen LogP contribution in [0.15, 0.2) is 35.1 Å². The number of H-pyrrole nitrogens is 1. The second kappa shape index (κ2) is 5.24. The molecule has 1 aromatic carbocycles. The Morgan fingerprint density at radius 3 is 2.52 bits per heavy atom. The Hall–Kier alpha value is -1.72. The molecule has 2 heterocycles. The zero-order valence-electron chi connectivity index (χ0n) is 12.1. The summed E-state index contributed by atoms with van der Waals surface area (Å²) in [5, 5.41) is 0.694. The summed E-state index contributed by atoms with van der Waals surface area (Å²) >= 11 is 6.91. The van der Waals surface area contributed by atoms with Crippen molar-refractivity contribution >= 4 is 33.8 Å². The van der Waals surface area contributed by atoms with Crippen molar-refractivity contribution in [1.29, 1.82) is 0 Å². The zero-order valence-corrected chi connectivity index (χ0v) is 13.8. The summed E-state index contributed by atoms with van der Waals surface area (Å²) in [5.41, 5.74) is 1.99. The predicted molar refractivity (Wildman–Crippen MR) is 91.4 cm³/mol. The van der Waals surface area contributed by atoms with Crippen LogP contribution in [0.5, 0.6) is 0 Å². The highest BCUT2D eigenvalue weighted by Crippen LogP contribution is 2.21. The van der Waals surface area contributed by atoms with Crippen molar-refractivity contribution in [2.75, 3.05) is 0 Å². The number of aryl methyl sites for hydroxylation is 1. The molecule has 0 spiro atoms. The van der Waals surface area contributed by atoms with Gasteiger partial charge in [0.25, 0.3) is 5.56 Å². The molecule has 3 nitrogen and oxygen atoms in total. The molecular weight excluding hydrogens is 300 g/mol. The number of fused-ring (bicyclic) bond motifs is 1. The van der Waals surface area contributed by atoms with Crippen LogP contribution in [-0.2, 0) is 0 Å². The van der Waals surface area contributed by atoms with E-state index in [4.69, 9.17) is 12.2 Å². The molecule has 0 aliphatic rings. The van der Waals surface area contributed by atoms with E-state index in [1.807, 2.05) is 37.3 Å². The van der Waals surface area contributed by atoms with Gasteiger partial charge in [0.2, 0.25) is 0 Å². The van der Waals surface area contributed by atoms with Crippen molar-refractivity contribution < 1.29 is 0 Å². The highest BCUT2D eigenvalue weighted by Gasteiger charge is 2.10. The SMILES string of the molecule is Cc1cc2c(=O)n(-c3ccc(C(C)C)cc3)c(=S)[nH]c2s1. The largest absolute Gasteiger partial charge is 0.323 e. The summed E-state index contributed by atoms with van der Waals surface area (Å²) in [7, 11) is 0. The third-order valence-corrected chi connectivity index (χ3v) is 4.78. The van der Waals surface area contributed by atoms with E-state index in [1.54, 1.807) is 15.9 Å². The number of rotatable bonds is 2. The number of aromatic amines is 1. The molecule has 2 aromatic heterocycles. The van der Waals surface area contributed by atoms with E-state index in [9.17, 15) is 4.79 Å². The van der Waals surface area contributed by atoms with Gasteiger partial charge in [0.05, 0.1) is 11.1 Å². The maximum atomic E-state index is 12.7. The molecule has 0 amide bonds. The average molecular weight is 316 g/mol. The molecule has 0 aliphatic heterocycles. The molecule has 0 radical (unpaired) electrons. The van der Waals surface area contributed by atoms with E-state index in [0.717, 1.165) is 15.4 Å². The maximum absolute atomic E-state index is 12.7. The quantitative estimate of drug-likeness (QED) is 0.705. The lowest BCUT2D eigenvalue weighted by atomic mass is 10.0. The van der Waals surface area contributed by atoms with Crippen LogP contribution in [0.2, 0.25) is 0 Å². The molecule has 0 saturated heterocycles. The lowest BCUT2D eigenvalue weighted by molar-refractivity contribution is 0.862. The van der Waals surface area contributed by atoms with Crippen molar-refractivity contribution in [3.8, 4) is 5.69 Å². The third kappa shape index (κ3) is 2.47. The Bertz CT molecular complexity index is 914. The lowest BCUT2D eigenvalue weighted by Gasteiger charge is -2.09. The number of hydrogen-bond donors (Lipinski definition) is 1. The zero-order chi connectivity index (χ0) is 15.1. The Labute approximate surface area is 131 Å². The van der Waals surface area contributed by atoms with Gasteiger partial charge >= 0.3 is 0 Å². The smallest absolute Gasteiger partial charge is 0.267 e. The number of nitrogens with one attached hydrogen (secondary N) is 1. The lowest BCUT2D eigenvalue weighted by Crippen LogP contribution is -2.19. The molecule has 108 valence electrons. The third-order valence-electron chi connectivity index (χ3n) is 3.53. The van der Waals surface area contributed by atoms with Gasteiger partial charge in [-0.25, -0.2) is 0 Å². The summed E-state index contributed by atoms with van der Waals surface area (Å²) in [6, 6.07) is 9.90. The van der Waals surface area contributed by atoms with E-state index in [2.05, 4.69) is 18.8 Å². The van der Waals surface area contributed by atoms with Crippen molar-refractivity contribution in [3.05, 3.63) is 55.9 Å². The number of aromatic nitrogens is 2. The normalized spacial score (nSPS) is 11.4. The molecule has 21 heavy (non-hydrogen) atoms. The van der Waals surface area contributed by atoms with Crippen molar-refractivity contribution in [2.45, 2.75) is 26.7 Å². The van der Waals surface area contributed by atoms with Crippen LogP contribution in [0, 0.1) is 11.7 Å². The summed E-state index contributed by atoms with van der Waals surface area (Å²) in [6.07, 6.45) is 0. The first-order chi connectivity index (χ1) is 9.97. The first-order valence-electron chi connectivity index (χ1n) is 6.83. The van der Waals surface area contributed by atoms with Gasteiger partial charge in [0.15, 0.2) is 4.77 Å². The van der Waals surface area contributed by atoms with Crippen LogP contribution in [0.1, 0.15) is 30.2 Å². The molecule has 3 aromatic rings. The second-order valence-corrected chi connectivity index (χ2v) is 7.06. The molecule has 0 saturated carbocycles. The van der Waals surface area contributed by atoms with E-state index >= 15 is 0 Å². The fourth-order valence-electron chi connectivity index (χ4n) is 2.37. The number of benzene rings is 1. The minimum Gasteiger partial charge on any atom is -0.323 e. The minimum absolute atomic E-state index is 0.0598. The first-order valence-corrected chi connectivity index (χ1v) is 8.05. The Morgan fingerprint density at radius 1 is 1.24 bits per heavy atom. The molecule has 1 N–H and O–H groups in total. The van der Waals surface area contributed by atoms with Crippen LogP contribution in [0.3, 0.4) is 0 Å². The number of nitrogens with zero attached hydrogens (tertiary/aromatic N) is 1. The standard InChI is InChI=1S/C16H16N2OS2/c1-9(2)11-4-6-12(7-5-11)18-15(19)13-8-10(3)21-14(13)17-16(18)20/h4-9H,1-3H3,(H,17,20). The van der Waals surface area contributed by atoms with Crippen LogP contribution in [0.25, 0.3) is 15.9 Å². The topological polar surface area (TPSA) is 37.8 Å². The minimum atomic E-state index is -0.0598. The van der Waals surface area contributed by atoms with Gasteiger partial charge in [-0.1, -0.05) is 26.0 Å². The predicted octanol–water partition coefficient (Wildman–Crippen LogP) is 4.54. The molecule has 0 unspecified atom stereocenters. The Morgan fingerprint density at radius 2 is 1.90 bits per heavy atom. The van der Waals surface area contributed by atoms with E-state index in [0.29, 0.717) is 16.1 Å². The monoisotopic (exact) mass is 316 g/mol. The Balaban J connectivity index is 2.24. The first kappa shape index (κ1) is 14.2. The van der Waals surface area contributed by atoms with E-state index < -0.39 is 0 Å². The molecule has 5 heteroatoms. The van der Waals surface area contributed by atoms with E-state index in [1.165, 1.54) is 5.56 Å². The molecule has 0 fully saturated rings.